The maximum atomic E-state index is 11.7. The molecule has 6 heteroatoms. The normalized spacial score (nSPS) is 11.9. The molecule has 0 radical (unpaired) electrons. The smallest absolute Gasteiger partial charge is 0.306 e. The summed E-state index contributed by atoms with van der Waals surface area (Å²) in [7, 11) is 1.42. The average Bonchev–Trinajstić information content (AvgIpc) is 2.34. The number of nitrogens with one attached hydrogen (secondary N) is 1. The van der Waals surface area contributed by atoms with E-state index in [4.69, 9.17) is 9.84 Å². The van der Waals surface area contributed by atoms with E-state index in [0.717, 1.165) is 10.0 Å². The largest absolute Gasteiger partial charge is 0.481 e. The lowest BCUT2D eigenvalue weighted by Crippen LogP contribution is -2.35. The lowest BCUT2D eigenvalue weighted by Gasteiger charge is -2.14. The standard InChI is InChI=1S/C13H16BrNO4/c1-19-11(7-13(17)18)8-15-12(16)6-9-3-2-4-10(14)5-9/h2-5,11H,6-8H2,1H3,(H,15,16)(H,17,18). The van der Waals surface area contributed by atoms with Gasteiger partial charge in [-0.2, -0.15) is 0 Å². The molecule has 0 aromatic heterocycles. The number of ether oxygens (including phenoxy) is 1. The van der Waals surface area contributed by atoms with E-state index in [9.17, 15) is 9.59 Å². The van der Waals surface area contributed by atoms with Gasteiger partial charge in [-0.25, -0.2) is 0 Å². The Balaban J connectivity index is 2.40. The number of carbonyl (C=O) groups is 2. The molecule has 5 nitrogen and oxygen atoms in total. The van der Waals surface area contributed by atoms with Gasteiger partial charge in [0.2, 0.25) is 5.91 Å². The molecule has 0 heterocycles. The van der Waals surface area contributed by atoms with Gasteiger partial charge in [0.25, 0.3) is 0 Å². The lowest BCUT2D eigenvalue weighted by atomic mass is 10.1. The quantitative estimate of drug-likeness (QED) is 0.796. The van der Waals surface area contributed by atoms with Crippen LogP contribution in [-0.4, -0.2) is 36.7 Å². The Morgan fingerprint density at radius 3 is 2.79 bits per heavy atom. The maximum Gasteiger partial charge on any atom is 0.306 e. The summed E-state index contributed by atoms with van der Waals surface area (Å²) in [5.41, 5.74) is 0.888. The van der Waals surface area contributed by atoms with Crippen LogP contribution in [-0.2, 0) is 20.7 Å². The van der Waals surface area contributed by atoms with Crippen molar-refractivity contribution < 1.29 is 19.4 Å². The molecule has 0 aliphatic heterocycles. The van der Waals surface area contributed by atoms with Crippen LogP contribution in [0.15, 0.2) is 28.7 Å². The van der Waals surface area contributed by atoms with Gasteiger partial charge in [0, 0.05) is 18.1 Å². The molecule has 19 heavy (non-hydrogen) atoms. The minimum atomic E-state index is -0.951. The van der Waals surface area contributed by atoms with Gasteiger partial charge < -0.3 is 15.2 Å². The molecule has 1 amide bonds. The predicted octanol–water partition coefficient (Wildman–Crippen LogP) is 1.60. The highest BCUT2D eigenvalue weighted by atomic mass is 79.9. The van der Waals surface area contributed by atoms with Crippen molar-refractivity contribution in [1.82, 2.24) is 5.32 Å². The molecule has 0 saturated carbocycles. The zero-order chi connectivity index (χ0) is 14.3. The minimum Gasteiger partial charge on any atom is -0.481 e. The first-order valence-corrected chi connectivity index (χ1v) is 6.56. The van der Waals surface area contributed by atoms with Crippen LogP contribution in [0, 0.1) is 0 Å². The topological polar surface area (TPSA) is 75.6 Å². The Morgan fingerprint density at radius 1 is 1.47 bits per heavy atom. The number of methoxy groups -OCH3 is 1. The Kier molecular flexibility index (Phi) is 6.52. The van der Waals surface area contributed by atoms with E-state index in [-0.39, 0.29) is 25.3 Å². The second-order valence-electron chi connectivity index (χ2n) is 4.07. The number of hydrogen-bond donors (Lipinski definition) is 2. The van der Waals surface area contributed by atoms with Crippen molar-refractivity contribution in [2.24, 2.45) is 0 Å². The summed E-state index contributed by atoms with van der Waals surface area (Å²) in [6.45, 7) is 0.190. The van der Waals surface area contributed by atoms with Crippen molar-refractivity contribution in [3.63, 3.8) is 0 Å². The number of rotatable bonds is 7. The van der Waals surface area contributed by atoms with Crippen LogP contribution in [0.1, 0.15) is 12.0 Å². The van der Waals surface area contributed by atoms with Crippen LogP contribution in [0.25, 0.3) is 0 Å². The van der Waals surface area contributed by atoms with Gasteiger partial charge in [-0.05, 0) is 17.7 Å². The molecule has 0 aliphatic carbocycles. The molecule has 0 spiro atoms. The van der Waals surface area contributed by atoms with Crippen LogP contribution >= 0.6 is 15.9 Å². The lowest BCUT2D eigenvalue weighted by molar-refractivity contribution is -0.140. The van der Waals surface area contributed by atoms with E-state index in [0.29, 0.717) is 0 Å². The van der Waals surface area contributed by atoms with Gasteiger partial charge in [0.15, 0.2) is 0 Å². The van der Waals surface area contributed by atoms with Crippen LogP contribution in [0.2, 0.25) is 0 Å². The summed E-state index contributed by atoms with van der Waals surface area (Å²) in [5, 5.41) is 11.3. The summed E-state index contributed by atoms with van der Waals surface area (Å²) < 4.78 is 5.89. The zero-order valence-corrected chi connectivity index (χ0v) is 12.1. The van der Waals surface area contributed by atoms with Crippen LogP contribution < -0.4 is 5.32 Å². The molecule has 104 valence electrons. The van der Waals surface area contributed by atoms with E-state index in [2.05, 4.69) is 21.2 Å². The number of halogens is 1. The van der Waals surface area contributed by atoms with E-state index in [1.807, 2.05) is 24.3 Å². The number of carboxylic acid groups (broad SMARTS) is 1. The number of carboxylic acids is 1. The highest BCUT2D eigenvalue weighted by Crippen LogP contribution is 2.11. The van der Waals surface area contributed by atoms with Crippen molar-refractivity contribution in [2.75, 3.05) is 13.7 Å². The average molecular weight is 330 g/mol. The fourth-order valence-corrected chi connectivity index (χ4v) is 2.00. The number of amides is 1. The number of carbonyl (C=O) groups excluding carboxylic acids is 1. The molecule has 1 aromatic rings. The summed E-state index contributed by atoms with van der Waals surface area (Å²) in [5.74, 6) is -1.11. The van der Waals surface area contributed by atoms with Gasteiger partial charge in [-0.15, -0.1) is 0 Å². The van der Waals surface area contributed by atoms with Crippen LogP contribution in [0.5, 0.6) is 0 Å². The monoisotopic (exact) mass is 329 g/mol. The number of benzene rings is 1. The Bertz CT molecular complexity index is 450. The highest BCUT2D eigenvalue weighted by Gasteiger charge is 2.13. The molecule has 0 saturated heterocycles. The first kappa shape index (κ1) is 15.7. The molecule has 0 bridgehead atoms. The minimum absolute atomic E-state index is 0.131. The van der Waals surface area contributed by atoms with Gasteiger partial charge in [-0.3, -0.25) is 9.59 Å². The van der Waals surface area contributed by atoms with Crippen LogP contribution in [0.3, 0.4) is 0 Å². The highest BCUT2D eigenvalue weighted by molar-refractivity contribution is 9.10. The fourth-order valence-electron chi connectivity index (χ4n) is 1.56. The summed E-state index contributed by atoms with van der Waals surface area (Å²) in [4.78, 5) is 22.2. The molecular weight excluding hydrogens is 314 g/mol. The van der Waals surface area contributed by atoms with Gasteiger partial charge in [-0.1, -0.05) is 28.1 Å². The molecule has 2 N–H and O–H groups in total. The van der Waals surface area contributed by atoms with Gasteiger partial charge in [0.05, 0.1) is 18.9 Å². The first-order chi connectivity index (χ1) is 9.01. The van der Waals surface area contributed by atoms with Crippen molar-refractivity contribution in [2.45, 2.75) is 18.9 Å². The molecule has 0 aliphatic rings. The van der Waals surface area contributed by atoms with E-state index >= 15 is 0 Å². The van der Waals surface area contributed by atoms with Crippen molar-refractivity contribution >= 4 is 27.8 Å². The van der Waals surface area contributed by atoms with E-state index < -0.39 is 12.1 Å². The Morgan fingerprint density at radius 2 is 2.21 bits per heavy atom. The SMILES string of the molecule is COC(CNC(=O)Cc1cccc(Br)c1)CC(=O)O. The predicted molar refractivity (Wildman–Crippen MR) is 73.9 cm³/mol. The molecular formula is C13H16BrNO4. The number of aliphatic carboxylic acids is 1. The third-order valence-corrected chi connectivity index (χ3v) is 3.01. The second-order valence-corrected chi connectivity index (χ2v) is 4.98. The third kappa shape index (κ3) is 6.35. The Hall–Kier alpha value is -1.40. The van der Waals surface area contributed by atoms with E-state index in [1.165, 1.54) is 7.11 Å². The van der Waals surface area contributed by atoms with E-state index in [1.54, 1.807) is 0 Å². The maximum absolute atomic E-state index is 11.7. The van der Waals surface area contributed by atoms with Crippen molar-refractivity contribution in [1.29, 1.82) is 0 Å². The molecule has 1 unspecified atom stereocenters. The Labute approximate surface area is 120 Å². The summed E-state index contributed by atoms with van der Waals surface area (Å²) in [6.07, 6.45) is -0.389. The first-order valence-electron chi connectivity index (χ1n) is 5.77. The third-order valence-electron chi connectivity index (χ3n) is 2.52. The second kappa shape index (κ2) is 7.91. The van der Waals surface area contributed by atoms with Gasteiger partial charge >= 0.3 is 5.97 Å². The van der Waals surface area contributed by atoms with Gasteiger partial charge in [0.1, 0.15) is 0 Å². The van der Waals surface area contributed by atoms with Crippen molar-refractivity contribution in [3.05, 3.63) is 34.3 Å². The molecule has 1 rings (SSSR count). The molecule has 0 fully saturated rings. The van der Waals surface area contributed by atoms with Crippen molar-refractivity contribution in [3.8, 4) is 0 Å². The number of hydrogen-bond acceptors (Lipinski definition) is 3. The summed E-state index contributed by atoms with van der Waals surface area (Å²) in [6, 6.07) is 7.46. The molecule has 1 aromatic carbocycles. The molecule has 1 atom stereocenters. The summed E-state index contributed by atoms with van der Waals surface area (Å²) >= 11 is 3.34. The fraction of sp³-hybridized carbons (Fsp3) is 0.385. The van der Waals surface area contributed by atoms with Crippen LogP contribution in [0.4, 0.5) is 0 Å². The zero-order valence-electron chi connectivity index (χ0n) is 10.6.